The molecule has 0 bridgehead atoms. The number of benzene rings is 1. The molecule has 2 aromatic rings. The average molecular weight is 348 g/mol. The first kappa shape index (κ1) is 18.2. The Kier molecular flexibility index (Phi) is 4.59. The predicted molar refractivity (Wildman–Crippen MR) is 97.6 cm³/mol. The van der Waals surface area contributed by atoms with Crippen LogP contribution in [0, 0.1) is 0 Å². The Labute approximate surface area is 146 Å². The summed E-state index contributed by atoms with van der Waals surface area (Å²) in [5, 5.41) is 22.3. The first-order valence-corrected chi connectivity index (χ1v) is 8.49. The number of phenolic OH excluding ortho intramolecular Hbond substituents is 1. The van der Waals surface area contributed by atoms with Crippen LogP contribution in [0.5, 0.6) is 5.75 Å². The third-order valence-electron chi connectivity index (χ3n) is 3.63. The molecule has 0 radical (unpaired) electrons. The number of nitrogens with zero attached hydrogens (tertiary/aromatic N) is 2. The van der Waals surface area contributed by atoms with Crippen molar-refractivity contribution >= 4 is 22.5 Å². The highest BCUT2D eigenvalue weighted by Crippen LogP contribution is 2.42. The molecule has 7 heteroatoms. The van der Waals surface area contributed by atoms with Gasteiger partial charge in [0, 0.05) is 16.7 Å². The summed E-state index contributed by atoms with van der Waals surface area (Å²) in [6.07, 6.45) is 0. The minimum absolute atomic E-state index is 0.223. The highest BCUT2D eigenvalue weighted by molar-refractivity contribution is 7.18. The fourth-order valence-electron chi connectivity index (χ4n) is 2.40. The fourth-order valence-corrected chi connectivity index (χ4v) is 3.13. The van der Waals surface area contributed by atoms with Gasteiger partial charge in [0.05, 0.1) is 0 Å². The van der Waals surface area contributed by atoms with Crippen molar-refractivity contribution in [3.8, 4) is 16.3 Å². The molecule has 0 saturated carbocycles. The number of nitrogens with two attached hydrogens (primary N) is 1. The number of carbonyl (C=O) groups excluding carboxylic acids is 1. The Morgan fingerprint density at radius 3 is 2.00 bits per heavy atom. The summed E-state index contributed by atoms with van der Waals surface area (Å²) < 4.78 is 0. The molecule has 0 atom stereocenters. The van der Waals surface area contributed by atoms with Gasteiger partial charge in [0.1, 0.15) is 10.8 Å². The summed E-state index contributed by atoms with van der Waals surface area (Å²) in [6, 6.07) is 3.19. The highest BCUT2D eigenvalue weighted by atomic mass is 32.1. The summed E-state index contributed by atoms with van der Waals surface area (Å²) in [7, 11) is 0. The van der Waals surface area contributed by atoms with Gasteiger partial charge >= 0.3 is 6.03 Å². The molecule has 6 nitrogen and oxygen atoms in total. The van der Waals surface area contributed by atoms with Gasteiger partial charge in [0.15, 0.2) is 0 Å². The Morgan fingerprint density at radius 2 is 1.58 bits per heavy atom. The molecule has 1 aromatic heterocycles. The van der Waals surface area contributed by atoms with Crippen molar-refractivity contribution in [1.29, 1.82) is 0 Å². The molecule has 1 heterocycles. The molecule has 4 N–H and O–H groups in total. The predicted octanol–water partition coefficient (Wildman–Crippen LogP) is 4.00. The van der Waals surface area contributed by atoms with Crippen molar-refractivity contribution in [2.75, 3.05) is 5.32 Å². The van der Waals surface area contributed by atoms with Crippen LogP contribution in [0.3, 0.4) is 0 Å². The van der Waals surface area contributed by atoms with E-state index in [1.165, 1.54) is 11.3 Å². The van der Waals surface area contributed by atoms with Gasteiger partial charge in [-0.3, -0.25) is 5.32 Å². The molecule has 0 aliphatic rings. The number of anilines is 1. The second-order valence-corrected chi connectivity index (χ2v) is 8.80. The van der Waals surface area contributed by atoms with E-state index in [1.54, 1.807) is 0 Å². The molecule has 0 aliphatic heterocycles. The molecule has 130 valence electrons. The number of hydrogen-bond donors (Lipinski definition) is 3. The SMILES string of the molecule is CC(C)(C)c1cc(-c2nnc(NC(N)=O)s2)cc(C(C)(C)C)c1O. The Balaban J connectivity index is 2.62. The number of carbonyl (C=O) groups is 1. The Hall–Kier alpha value is -2.15. The van der Waals surface area contributed by atoms with E-state index in [9.17, 15) is 9.90 Å². The van der Waals surface area contributed by atoms with Gasteiger partial charge in [-0.2, -0.15) is 0 Å². The number of nitrogens with one attached hydrogen (secondary N) is 1. The van der Waals surface area contributed by atoms with Crippen molar-refractivity contribution in [1.82, 2.24) is 10.2 Å². The van der Waals surface area contributed by atoms with E-state index in [4.69, 9.17) is 5.73 Å². The number of aromatic hydroxyl groups is 1. The number of urea groups is 1. The lowest BCUT2D eigenvalue weighted by Crippen LogP contribution is -2.18. The van der Waals surface area contributed by atoms with Crippen LogP contribution in [0.4, 0.5) is 9.93 Å². The molecule has 2 amide bonds. The van der Waals surface area contributed by atoms with Crippen molar-refractivity contribution in [2.45, 2.75) is 52.4 Å². The smallest absolute Gasteiger partial charge is 0.318 e. The molecule has 1 aromatic carbocycles. The van der Waals surface area contributed by atoms with Gasteiger partial charge in [0.2, 0.25) is 5.13 Å². The number of rotatable bonds is 2. The van der Waals surface area contributed by atoms with Crippen LogP contribution < -0.4 is 11.1 Å². The maximum atomic E-state index is 10.9. The number of aromatic nitrogens is 2. The molecular weight excluding hydrogens is 324 g/mol. The van der Waals surface area contributed by atoms with Crippen LogP contribution in [0.15, 0.2) is 12.1 Å². The first-order chi connectivity index (χ1) is 10.9. The van der Waals surface area contributed by atoms with E-state index in [-0.39, 0.29) is 10.8 Å². The lowest BCUT2D eigenvalue weighted by molar-refractivity contribution is 0.259. The molecule has 0 saturated heterocycles. The van der Waals surface area contributed by atoms with Gasteiger partial charge < -0.3 is 10.8 Å². The molecule has 0 unspecified atom stereocenters. The maximum absolute atomic E-state index is 10.9. The average Bonchev–Trinajstić information content (AvgIpc) is 2.83. The van der Waals surface area contributed by atoms with Gasteiger partial charge in [-0.25, -0.2) is 4.79 Å². The van der Waals surface area contributed by atoms with E-state index in [0.29, 0.717) is 15.9 Å². The topological polar surface area (TPSA) is 101 Å². The minimum atomic E-state index is -0.672. The standard InChI is InChI=1S/C17H24N4O2S/c1-16(2,3)10-7-9(8-11(12(10)22)17(4,5)6)13-20-21-15(24-13)19-14(18)23/h7-8,22H,1-6H3,(H3,18,19,21,23). The van der Waals surface area contributed by atoms with E-state index < -0.39 is 6.03 Å². The van der Waals surface area contributed by atoms with Crippen molar-refractivity contribution in [2.24, 2.45) is 5.73 Å². The molecule has 24 heavy (non-hydrogen) atoms. The summed E-state index contributed by atoms with van der Waals surface area (Å²) in [6.45, 7) is 12.3. The summed E-state index contributed by atoms with van der Waals surface area (Å²) in [4.78, 5) is 10.9. The van der Waals surface area contributed by atoms with Crippen LogP contribution in [0.1, 0.15) is 52.7 Å². The monoisotopic (exact) mass is 348 g/mol. The van der Waals surface area contributed by atoms with E-state index >= 15 is 0 Å². The van der Waals surface area contributed by atoms with Gasteiger partial charge in [-0.1, -0.05) is 52.9 Å². The fraction of sp³-hybridized carbons (Fsp3) is 0.471. The van der Waals surface area contributed by atoms with Crippen molar-refractivity contribution < 1.29 is 9.90 Å². The van der Waals surface area contributed by atoms with Crippen LogP contribution >= 0.6 is 11.3 Å². The van der Waals surface area contributed by atoms with Gasteiger partial charge in [0.25, 0.3) is 0 Å². The Morgan fingerprint density at radius 1 is 1.08 bits per heavy atom. The van der Waals surface area contributed by atoms with Gasteiger partial charge in [-0.05, 0) is 23.0 Å². The third kappa shape index (κ3) is 3.84. The van der Waals surface area contributed by atoms with Crippen LogP contribution in [0.2, 0.25) is 0 Å². The zero-order chi connectivity index (χ0) is 18.3. The normalized spacial score (nSPS) is 12.2. The zero-order valence-corrected chi connectivity index (χ0v) is 15.7. The van der Waals surface area contributed by atoms with E-state index in [0.717, 1.165) is 16.7 Å². The molecule has 2 rings (SSSR count). The first-order valence-electron chi connectivity index (χ1n) is 7.68. The quantitative estimate of drug-likeness (QED) is 0.763. The lowest BCUT2D eigenvalue weighted by Gasteiger charge is -2.27. The largest absolute Gasteiger partial charge is 0.507 e. The van der Waals surface area contributed by atoms with Crippen LogP contribution in [0.25, 0.3) is 10.6 Å². The summed E-state index contributed by atoms with van der Waals surface area (Å²) in [5.74, 6) is 0.318. The van der Waals surface area contributed by atoms with Crippen LogP contribution in [-0.2, 0) is 10.8 Å². The maximum Gasteiger partial charge on any atom is 0.318 e. The molecular formula is C17H24N4O2S. The molecule has 0 spiro atoms. The number of amides is 2. The highest BCUT2D eigenvalue weighted by Gasteiger charge is 2.27. The molecule has 0 aliphatic carbocycles. The van der Waals surface area contributed by atoms with Crippen molar-refractivity contribution in [3.05, 3.63) is 23.3 Å². The third-order valence-corrected chi connectivity index (χ3v) is 4.52. The second kappa shape index (κ2) is 6.05. The van der Waals surface area contributed by atoms with Crippen molar-refractivity contribution in [3.63, 3.8) is 0 Å². The number of primary amides is 1. The second-order valence-electron chi connectivity index (χ2n) is 7.82. The summed E-state index contributed by atoms with van der Waals surface area (Å²) in [5.41, 5.74) is 7.23. The number of phenols is 1. The van der Waals surface area contributed by atoms with E-state index in [2.05, 4.69) is 57.1 Å². The van der Waals surface area contributed by atoms with Crippen LogP contribution in [-0.4, -0.2) is 21.3 Å². The minimum Gasteiger partial charge on any atom is -0.507 e. The number of hydrogen-bond acceptors (Lipinski definition) is 5. The van der Waals surface area contributed by atoms with E-state index in [1.807, 2.05) is 12.1 Å². The van der Waals surface area contributed by atoms with Gasteiger partial charge in [-0.15, -0.1) is 10.2 Å². The zero-order valence-electron chi connectivity index (χ0n) is 14.9. The molecule has 0 fully saturated rings. The lowest BCUT2D eigenvalue weighted by atomic mass is 9.78. The summed E-state index contributed by atoms with van der Waals surface area (Å²) >= 11 is 1.24. The Bertz CT molecular complexity index is 735.